The van der Waals surface area contributed by atoms with Crippen molar-refractivity contribution < 1.29 is 23.8 Å². The molecule has 5 heteroatoms. The summed E-state index contributed by atoms with van der Waals surface area (Å²) >= 11 is 0. The summed E-state index contributed by atoms with van der Waals surface area (Å²) in [5.41, 5.74) is 0.687. The first-order chi connectivity index (χ1) is 10.1. The molecule has 2 aromatic rings. The molecule has 0 heterocycles. The molecular formula is C16H15FO4. The van der Waals surface area contributed by atoms with Crippen molar-refractivity contribution in [1.82, 2.24) is 0 Å². The van der Waals surface area contributed by atoms with Crippen LogP contribution in [-0.2, 0) is 11.2 Å². The summed E-state index contributed by atoms with van der Waals surface area (Å²) in [6.07, 6.45) is -0.908. The summed E-state index contributed by atoms with van der Waals surface area (Å²) in [6.45, 7) is 0. The van der Waals surface area contributed by atoms with Crippen molar-refractivity contribution in [1.29, 1.82) is 0 Å². The van der Waals surface area contributed by atoms with Crippen LogP contribution in [0.25, 0.3) is 0 Å². The van der Waals surface area contributed by atoms with Gasteiger partial charge in [-0.2, -0.15) is 0 Å². The Bertz CT molecular complexity index is 610. The topological polar surface area (TPSA) is 55.8 Å². The first kappa shape index (κ1) is 14.8. The molecule has 4 nitrogen and oxygen atoms in total. The van der Waals surface area contributed by atoms with Gasteiger partial charge in [0.1, 0.15) is 17.3 Å². The molecule has 0 bridgehead atoms. The summed E-state index contributed by atoms with van der Waals surface area (Å²) in [5.74, 6) is -0.455. The second kappa shape index (κ2) is 6.74. The number of ether oxygens (including phenoxy) is 2. The third-order valence-corrected chi connectivity index (χ3v) is 2.93. The first-order valence-corrected chi connectivity index (χ1v) is 6.36. The molecule has 21 heavy (non-hydrogen) atoms. The van der Waals surface area contributed by atoms with Gasteiger partial charge in [-0.3, -0.25) is 0 Å². The molecule has 0 aromatic heterocycles. The Balaban J connectivity index is 2.11. The van der Waals surface area contributed by atoms with E-state index in [2.05, 4.69) is 0 Å². The van der Waals surface area contributed by atoms with Gasteiger partial charge in [-0.15, -0.1) is 0 Å². The van der Waals surface area contributed by atoms with Gasteiger partial charge in [0, 0.05) is 12.5 Å². The van der Waals surface area contributed by atoms with E-state index >= 15 is 0 Å². The van der Waals surface area contributed by atoms with E-state index in [1.54, 1.807) is 36.4 Å². The van der Waals surface area contributed by atoms with Crippen LogP contribution in [0.5, 0.6) is 11.5 Å². The van der Waals surface area contributed by atoms with Crippen LogP contribution >= 0.6 is 0 Å². The molecule has 0 amide bonds. The Hall–Kier alpha value is -2.56. The summed E-state index contributed by atoms with van der Waals surface area (Å²) < 4.78 is 23.4. The van der Waals surface area contributed by atoms with Crippen LogP contribution in [0.3, 0.4) is 0 Å². The van der Waals surface area contributed by atoms with E-state index in [4.69, 9.17) is 9.47 Å². The van der Waals surface area contributed by atoms with E-state index in [1.165, 1.54) is 19.2 Å². The predicted molar refractivity (Wildman–Crippen MR) is 75.1 cm³/mol. The highest BCUT2D eigenvalue weighted by Gasteiger charge is 2.20. The van der Waals surface area contributed by atoms with E-state index < -0.39 is 12.1 Å². The zero-order valence-corrected chi connectivity index (χ0v) is 11.5. The van der Waals surface area contributed by atoms with Crippen molar-refractivity contribution >= 4 is 5.97 Å². The zero-order chi connectivity index (χ0) is 15.2. The minimum atomic E-state index is -1.08. The number of hydrogen-bond donors (Lipinski definition) is 1. The van der Waals surface area contributed by atoms with Crippen molar-refractivity contribution in [2.24, 2.45) is 0 Å². The average Bonchev–Trinajstić information content (AvgIpc) is 2.49. The lowest BCUT2D eigenvalue weighted by molar-refractivity contribution is -0.145. The second-order valence-electron chi connectivity index (χ2n) is 4.45. The van der Waals surface area contributed by atoms with Gasteiger partial charge < -0.3 is 14.6 Å². The minimum absolute atomic E-state index is 0.146. The highest BCUT2D eigenvalue weighted by Crippen LogP contribution is 2.21. The number of aliphatic carboxylic acids is 1. The van der Waals surface area contributed by atoms with Gasteiger partial charge in [-0.1, -0.05) is 18.2 Å². The van der Waals surface area contributed by atoms with E-state index in [9.17, 15) is 14.3 Å². The van der Waals surface area contributed by atoms with Gasteiger partial charge >= 0.3 is 5.97 Å². The van der Waals surface area contributed by atoms with Gasteiger partial charge in [0.15, 0.2) is 6.10 Å². The Morgan fingerprint density at radius 2 is 1.86 bits per heavy atom. The summed E-state index contributed by atoms with van der Waals surface area (Å²) in [6, 6.07) is 12.4. The molecule has 0 radical (unpaired) electrons. The smallest absolute Gasteiger partial charge is 0.345 e. The molecular weight excluding hydrogens is 275 g/mol. The highest BCUT2D eigenvalue weighted by atomic mass is 19.1. The number of rotatable bonds is 6. The van der Waals surface area contributed by atoms with Crippen LogP contribution in [0.15, 0.2) is 48.5 Å². The van der Waals surface area contributed by atoms with Gasteiger partial charge in [-0.25, -0.2) is 9.18 Å². The van der Waals surface area contributed by atoms with Gasteiger partial charge in [0.05, 0.1) is 7.11 Å². The third-order valence-electron chi connectivity index (χ3n) is 2.93. The fraction of sp³-hybridized carbons (Fsp3) is 0.188. The molecule has 0 saturated carbocycles. The summed E-state index contributed by atoms with van der Waals surface area (Å²) in [7, 11) is 1.52. The van der Waals surface area contributed by atoms with Crippen LogP contribution < -0.4 is 9.47 Å². The van der Waals surface area contributed by atoms with Crippen molar-refractivity contribution in [3.63, 3.8) is 0 Å². The molecule has 1 atom stereocenters. The average molecular weight is 290 g/mol. The molecule has 110 valence electrons. The number of benzene rings is 2. The maximum atomic E-state index is 12.9. The maximum absolute atomic E-state index is 12.9. The van der Waals surface area contributed by atoms with Crippen LogP contribution in [0.4, 0.5) is 4.39 Å². The molecule has 0 spiro atoms. The number of carbonyl (C=O) groups is 1. The molecule has 2 aromatic carbocycles. The monoisotopic (exact) mass is 290 g/mol. The standard InChI is InChI=1S/C16H15FO4/c1-20-13-3-2-4-14(10-13)21-15(16(18)19)9-11-5-7-12(17)8-6-11/h2-8,10,15H,9H2,1H3,(H,18,19). The van der Waals surface area contributed by atoms with Gasteiger partial charge in [0.25, 0.3) is 0 Å². The SMILES string of the molecule is COc1cccc(OC(Cc2ccc(F)cc2)C(=O)O)c1. The van der Waals surface area contributed by atoms with E-state index in [1.807, 2.05) is 0 Å². The molecule has 1 unspecified atom stereocenters. The van der Waals surface area contributed by atoms with Crippen LogP contribution in [0.2, 0.25) is 0 Å². The molecule has 0 aliphatic heterocycles. The van der Waals surface area contributed by atoms with E-state index in [0.29, 0.717) is 17.1 Å². The fourth-order valence-corrected chi connectivity index (χ4v) is 1.85. The Labute approximate surface area is 121 Å². The normalized spacial score (nSPS) is 11.7. The number of halogens is 1. The van der Waals surface area contributed by atoms with Gasteiger partial charge in [-0.05, 0) is 29.8 Å². The lowest BCUT2D eigenvalue weighted by Crippen LogP contribution is -2.29. The number of hydrogen-bond acceptors (Lipinski definition) is 3. The van der Waals surface area contributed by atoms with Crippen LogP contribution in [-0.4, -0.2) is 24.3 Å². The highest BCUT2D eigenvalue weighted by molar-refractivity contribution is 5.73. The summed E-state index contributed by atoms with van der Waals surface area (Å²) in [4.78, 5) is 11.3. The summed E-state index contributed by atoms with van der Waals surface area (Å²) in [5, 5.41) is 9.25. The maximum Gasteiger partial charge on any atom is 0.345 e. The van der Waals surface area contributed by atoms with Crippen LogP contribution in [0, 0.1) is 5.82 Å². The number of carboxylic acid groups (broad SMARTS) is 1. The first-order valence-electron chi connectivity index (χ1n) is 6.36. The zero-order valence-electron chi connectivity index (χ0n) is 11.5. The van der Waals surface area contributed by atoms with E-state index in [-0.39, 0.29) is 12.2 Å². The quantitative estimate of drug-likeness (QED) is 0.888. The number of methoxy groups -OCH3 is 1. The number of carboxylic acids is 1. The van der Waals surface area contributed by atoms with Crippen LogP contribution in [0.1, 0.15) is 5.56 Å². The van der Waals surface area contributed by atoms with E-state index in [0.717, 1.165) is 0 Å². The van der Waals surface area contributed by atoms with Crippen molar-refractivity contribution in [3.05, 3.63) is 59.9 Å². The molecule has 0 saturated heterocycles. The van der Waals surface area contributed by atoms with Crippen molar-refractivity contribution in [3.8, 4) is 11.5 Å². The Kier molecular flexibility index (Phi) is 4.77. The second-order valence-corrected chi connectivity index (χ2v) is 4.45. The lowest BCUT2D eigenvalue weighted by atomic mass is 10.1. The van der Waals surface area contributed by atoms with Crippen molar-refractivity contribution in [2.45, 2.75) is 12.5 Å². The van der Waals surface area contributed by atoms with Crippen molar-refractivity contribution in [2.75, 3.05) is 7.11 Å². The molecule has 0 aliphatic carbocycles. The molecule has 2 rings (SSSR count). The lowest BCUT2D eigenvalue weighted by Gasteiger charge is -2.15. The Morgan fingerprint density at radius 3 is 2.48 bits per heavy atom. The van der Waals surface area contributed by atoms with Gasteiger partial charge in [0.2, 0.25) is 0 Å². The largest absolute Gasteiger partial charge is 0.497 e. The minimum Gasteiger partial charge on any atom is -0.497 e. The predicted octanol–water partition coefficient (Wildman–Crippen LogP) is 2.91. The third kappa shape index (κ3) is 4.21. The molecule has 0 fully saturated rings. The molecule has 0 aliphatic rings. The molecule has 1 N–H and O–H groups in total. The Morgan fingerprint density at radius 1 is 1.19 bits per heavy atom. The fourth-order valence-electron chi connectivity index (χ4n) is 1.85.